The van der Waals surface area contributed by atoms with E-state index in [1.807, 2.05) is 0 Å². The van der Waals surface area contributed by atoms with Gasteiger partial charge in [-0.2, -0.15) is 0 Å². The number of hydrogen-bond acceptors (Lipinski definition) is 4. The Bertz CT molecular complexity index is 771. The molecule has 0 radical (unpaired) electrons. The Hall–Kier alpha value is -1.03. The maximum absolute atomic E-state index is 13.1. The van der Waals surface area contributed by atoms with Crippen LogP contribution >= 0.6 is 0 Å². The Morgan fingerprint density at radius 1 is 1.08 bits per heavy atom. The Morgan fingerprint density at radius 2 is 1.71 bits per heavy atom. The largest absolute Gasteiger partial charge is 0.240 e. The topological polar surface area (TPSA) is 83.5 Å². The van der Waals surface area contributed by atoms with Gasteiger partial charge in [-0.15, -0.1) is 0 Å². The molecule has 0 saturated carbocycles. The highest BCUT2D eigenvalue weighted by Crippen LogP contribution is 2.16. The van der Waals surface area contributed by atoms with E-state index in [4.69, 9.17) is 0 Å². The van der Waals surface area contributed by atoms with Crippen molar-refractivity contribution in [1.82, 2.24) is 9.03 Å². The van der Waals surface area contributed by atoms with Gasteiger partial charge >= 0.3 is 0 Å². The van der Waals surface area contributed by atoms with Gasteiger partial charge in [0.25, 0.3) is 0 Å². The average molecular weight is 378 g/mol. The third-order valence-corrected chi connectivity index (χ3v) is 7.53. The van der Waals surface area contributed by atoms with E-state index in [1.54, 1.807) is 0 Å². The van der Waals surface area contributed by atoms with Gasteiger partial charge in [0, 0.05) is 19.6 Å². The van der Waals surface area contributed by atoms with E-state index in [0.29, 0.717) is 13.1 Å². The van der Waals surface area contributed by atoms with E-state index in [2.05, 4.69) is 4.72 Å². The van der Waals surface area contributed by atoms with Crippen molar-refractivity contribution in [3.8, 4) is 0 Å². The molecule has 0 unspecified atom stereocenters. The van der Waals surface area contributed by atoms with Crippen LogP contribution in [0.5, 0.6) is 0 Å². The van der Waals surface area contributed by atoms with Crippen molar-refractivity contribution in [1.29, 1.82) is 0 Å². The van der Waals surface area contributed by atoms with Gasteiger partial charge in [-0.3, -0.25) is 0 Å². The SMILES string of the molecule is Cc1cc(F)ccc1S(=O)(=O)NCCS(=O)(=O)N1CCCCCC1. The highest BCUT2D eigenvalue weighted by Gasteiger charge is 2.24. The Morgan fingerprint density at radius 3 is 2.29 bits per heavy atom. The summed E-state index contributed by atoms with van der Waals surface area (Å²) in [6.07, 6.45) is 3.70. The van der Waals surface area contributed by atoms with Crippen molar-refractivity contribution < 1.29 is 21.2 Å². The molecule has 2 rings (SSSR count). The zero-order valence-corrected chi connectivity index (χ0v) is 15.3. The summed E-state index contributed by atoms with van der Waals surface area (Å²) < 4.78 is 65.9. The normalized spacial score (nSPS) is 17.6. The van der Waals surface area contributed by atoms with E-state index in [1.165, 1.54) is 17.3 Å². The Kier molecular flexibility index (Phi) is 6.35. The summed E-state index contributed by atoms with van der Waals surface area (Å²) in [5.74, 6) is -0.804. The highest BCUT2D eigenvalue weighted by molar-refractivity contribution is 7.90. The molecule has 0 amide bonds. The summed E-state index contributed by atoms with van der Waals surface area (Å²) in [4.78, 5) is -0.0453. The molecule has 1 heterocycles. The molecule has 0 aromatic heterocycles. The van der Waals surface area contributed by atoms with Gasteiger partial charge in [0.2, 0.25) is 20.0 Å². The maximum atomic E-state index is 13.1. The Labute approximate surface area is 143 Å². The summed E-state index contributed by atoms with van der Waals surface area (Å²) >= 11 is 0. The molecule has 1 aromatic carbocycles. The quantitative estimate of drug-likeness (QED) is 0.815. The van der Waals surface area contributed by atoms with Crippen molar-refractivity contribution in [2.75, 3.05) is 25.4 Å². The number of sulfonamides is 2. The van der Waals surface area contributed by atoms with Crippen molar-refractivity contribution in [2.45, 2.75) is 37.5 Å². The van der Waals surface area contributed by atoms with Crippen LogP contribution in [0.25, 0.3) is 0 Å². The molecule has 0 bridgehead atoms. The van der Waals surface area contributed by atoms with Gasteiger partial charge in [0.15, 0.2) is 0 Å². The summed E-state index contributed by atoms with van der Waals surface area (Å²) in [6.45, 7) is 2.27. The molecule has 0 spiro atoms. The van der Waals surface area contributed by atoms with Gasteiger partial charge < -0.3 is 0 Å². The zero-order valence-electron chi connectivity index (χ0n) is 13.7. The molecule has 0 aliphatic carbocycles. The van der Waals surface area contributed by atoms with Crippen LogP contribution in [-0.4, -0.2) is 46.5 Å². The Balaban J connectivity index is 1.99. The molecule has 0 atom stereocenters. The fraction of sp³-hybridized carbons (Fsp3) is 0.600. The van der Waals surface area contributed by atoms with Crippen molar-refractivity contribution in [2.24, 2.45) is 0 Å². The lowest BCUT2D eigenvalue weighted by Crippen LogP contribution is -2.38. The molecule has 136 valence electrons. The monoisotopic (exact) mass is 378 g/mol. The van der Waals surface area contributed by atoms with Crippen LogP contribution in [0, 0.1) is 12.7 Å². The van der Waals surface area contributed by atoms with Crippen molar-refractivity contribution in [3.05, 3.63) is 29.6 Å². The highest BCUT2D eigenvalue weighted by atomic mass is 32.2. The fourth-order valence-electron chi connectivity index (χ4n) is 2.75. The number of nitrogens with one attached hydrogen (secondary N) is 1. The van der Waals surface area contributed by atoms with Gasteiger partial charge in [-0.1, -0.05) is 12.8 Å². The summed E-state index contributed by atoms with van der Waals surface area (Å²) in [7, 11) is -7.35. The van der Waals surface area contributed by atoms with Crippen LogP contribution in [0.15, 0.2) is 23.1 Å². The number of benzene rings is 1. The first-order valence-corrected chi connectivity index (χ1v) is 11.1. The second kappa shape index (κ2) is 7.90. The predicted octanol–water partition coefficient (Wildman–Crippen LogP) is 1.62. The first kappa shape index (κ1) is 19.3. The number of halogens is 1. The van der Waals surface area contributed by atoms with E-state index in [-0.39, 0.29) is 22.8 Å². The molecular weight excluding hydrogens is 355 g/mol. The van der Waals surface area contributed by atoms with E-state index in [9.17, 15) is 21.2 Å². The second-order valence-electron chi connectivity index (χ2n) is 5.94. The molecule has 6 nitrogen and oxygen atoms in total. The number of rotatable bonds is 6. The van der Waals surface area contributed by atoms with Gasteiger partial charge in [0.05, 0.1) is 10.6 Å². The molecule has 1 aliphatic rings. The second-order valence-corrected chi connectivity index (χ2v) is 9.76. The first-order valence-electron chi connectivity index (χ1n) is 7.96. The zero-order chi connectivity index (χ0) is 17.8. The summed E-state index contributed by atoms with van der Waals surface area (Å²) in [5, 5.41) is 0. The third-order valence-electron chi connectivity index (χ3n) is 4.04. The van der Waals surface area contributed by atoms with Crippen LogP contribution in [0.3, 0.4) is 0 Å². The molecule has 24 heavy (non-hydrogen) atoms. The summed E-state index contributed by atoms with van der Waals surface area (Å²) in [5.41, 5.74) is 0.276. The molecule has 9 heteroatoms. The van der Waals surface area contributed by atoms with Gasteiger partial charge in [-0.25, -0.2) is 30.3 Å². The van der Waals surface area contributed by atoms with Crippen molar-refractivity contribution >= 4 is 20.0 Å². The lowest BCUT2D eigenvalue weighted by molar-refractivity contribution is 0.423. The predicted molar refractivity (Wildman–Crippen MR) is 90.2 cm³/mol. The standard InChI is InChI=1S/C15H23FN2O4S2/c1-13-12-14(16)6-7-15(13)24(21,22)17-8-11-23(19,20)18-9-4-2-3-5-10-18/h6-7,12,17H,2-5,8-11H2,1H3. The molecule has 1 fully saturated rings. The first-order chi connectivity index (χ1) is 11.2. The van der Waals surface area contributed by atoms with Crippen LogP contribution in [-0.2, 0) is 20.0 Å². The smallest absolute Gasteiger partial charge is 0.212 e. The number of hydrogen-bond donors (Lipinski definition) is 1. The minimum Gasteiger partial charge on any atom is -0.212 e. The minimum absolute atomic E-state index is 0.0453. The third kappa shape index (κ3) is 4.98. The molecule has 1 aliphatic heterocycles. The van der Waals surface area contributed by atoms with E-state index >= 15 is 0 Å². The van der Waals surface area contributed by atoms with Crippen molar-refractivity contribution in [3.63, 3.8) is 0 Å². The number of aryl methyl sites for hydroxylation is 1. The van der Waals surface area contributed by atoms with Crippen LogP contribution < -0.4 is 4.72 Å². The molecule has 1 saturated heterocycles. The van der Waals surface area contributed by atoms with Gasteiger partial charge in [0.1, 0.15) is 5.82 Å². The average Bonchev–Trinajstić information content (AvgIpc) is 2.75. The maximum Gasteiger partial charge on any atom is 0.240 e. The lowest BCUT2D eigenvalue weighted by atomic mass is 10.2. The van der Waals surface area contributed by atoms with E-state index in [0.717, 1.165) is 37.8 Å². The van der Waals surface area contributed by atoms with Crippen LogP contribution in [0.1, 0.15) is 31.2 Å². The van der Waals surface area contributed by atoms with Crippen LogP contribution in [0.4, 0.5) is 4.39 Å². The van der Waals surface area contributed by atoms with Crippen LogP contribution in [0.2, 0.25) is 0 Å². The molecule has 1 aromatic rings. The van der Waals surface area contributed by atoms with Gasteiger partial charge in [-0.05, 0) is 43.5 Å². The molecular formula is C15H23FN2O4S2. The molecule has 1 N–H and O–H groups in total. The summed E-state index contributed by atoms with van der Waals surface area (Å²) in [6, 6.07) is 3.37. The van der Waals surface area contributed by atoms with E-state index < -0.39 is 25.9 Å². The number of nitrogens with zero attached hydrogens (tertiary/aromatic N) is 1. The lowest BCUT2D eigenvalue weighted by Gasteiger charge is -2.20. The fourth-order valence-corrected chi connectivity index (χ4v) is 5.56. The minimum atomic E-state index is -3.87.